The molecular formula is C15H22N2O5S. The first-order chi connectivity index (χ1) is 10.6. The standard InChI is InChI=1S/C15H22N2O5S/c1-10(2)6-13(15(19)20)8-17-14(18)12-5-3-4-11(7-12)9-23(16,21)22/h3-5,7,10,13H,6,8-9H2,1-2H3,(H,17,18)(H,19,20)(H2,16,21,22). The maximum Gasteiger partial charge on any atom is 0.308 e. The molecule has 7 nitrogen and oxygen atoms in total. The molecule has 0 aromatic heterocycles. The van der Waals surface area contributed by atoms with Crippen LogP contribution < -0.4 is 10.5 Å². The van der Waals surface area contributed by atoms with Crippen molar-refractivity contribution < 1.29 is 23.1 Å². The van der Waals surface area contributed by atoms with Crippen LogP contribution in [0.4, 0.5) is 0 Å². The van der Waals surface area contributed by atoms with Gasteiger partial charge in [-0.05, 0) is 30.0 Å². The lowest BCUT2D eigenvalue weighted by Gasteiger charge is -2.15. The van der Waals surface area contributed by atoms with Crippen LogP contribution in [0.2, 0.25) is 0 Å². The number of carbonyl (C=O) groups is 2. The summed E-state index contributed by atoms with van der Waals surface area (Å²) in [6.45, 7) is 3.84. The second-order valence-electron chi connectivity index (χ2n) is 5.88. The predicted molar refractivity (Wildman–Crippen MR) is 86.2 cm³/mol. The molecule has 1 rings (SSSR count). The lowest BCUT2D eigenvalue weighted by atomic mass is 9.97. The Kier molecular flexibility index (Phi) is 6.71. The van der Waals surface area contributed by atoms with Crippen LogP contribution in [0.5, 0.6) is 0 Å². The van der Waals surface area contributed by atoms with Crippen molar-refractivity contribution in [3.05, 3.63) is 35.4 Å². The lowest BCUT2D eigenvalue weighted by Crippen LogP contribution is -2.33. The number of nitrogens with one attached hydrogen (secondary N) is 1. The number of hydrogen-bond donors (Lipinski definition) is 3. The Hall–Kier alpha value is -1.93. The molecule has 1 aromatic rings. The largest absolute Gasteiger partial charge is 0.481 e. The van der Waals surface area contributed by atoms with Gasteiger partial charge < -0.3 is 10.4 Å². The summed E-state index contributed by atoms with van der Waals surface area (Å²) in [6, 6.07) is 6.07. The highest BCUT2D eigenvalue weighted by atomic mass is 32.2. The zero-order valence-corrected chi connectivity index (χ0v) is 14.0. The number of benzene rings is 1. The number of aliphatic carboxylic acids is 1. The second-order valence-corrected chi connectivity index (χ2v) is 7.50. The minimum atomic E-state index is -3.68. The molecule has 0 aliphatic heterocycles. The first kappa shape index (κ1) is 19.1. The number of primary sulfonamides is 1. The molecule has 1 unspecified atom stereocenters. The molecule has 4 N–H and O–H groups in total. The number of hydrogen-bond acceptors (Lipinski definition) is 4. The van der Waals surface area contributed by atoms with Crippen molar-refractivity contribution in [1.29, 1.82) is 0 Å². The maximum absolute atomic E-state index is 12.1. The summed E-state index contributed by atoms with van der Waals surface area (Å²) in [5.41, 5.74) is 0.664. The van der Waals surface area contributed by atoms with Gasteiger partial charge in [0.15, 0.2) is 0 Å². The summed E-state index contributed by atoms with van der Waals surface area (Å²) >= 11 is 0. The summed E-state index contributed by atoms with van der Waals surface area (Å²) in [5.74, 6) is -2.23. The van der Waals surface area contributed by atoms with Crippen LogP contribution in [-0.2, 0) is 20.6 Å². The quantitative estimate of drug-likeness (QED) is 0.648. The van der Waals surface area contributed by atoms with Crippen molar-refractivity contribution in [2.75, 3.05) is 6.54 Å². The van der Waals surface area contributed by atoms with Crippen LogP contribution in [0, 0.1) is 11.8 Å². The van der Waals surface area contributed by atoms with Crippen LogP contribution in [0.15, 0.2) is 24.3 Å². The zero-order valence-electron chi connectivity index (χ0n) is 13.2. The summed E-state index contributed by atoms with van der Waals surface area (Å²) in [7, 11) is -3.68. The number of nitrogens with two attached hydrogens (primary N) is 1. The van der Waals surface area contributed by atoms with E-state index in [1.165, 1.54) is 12.1 Å². The molecule has 1 atom stereocenters. The van der Waals surface area contributed by atoms with E-state index in [0.29, 0.717) is 12.0 Å². The van der Waals surface area contributed by atoms with E-state index in [-0.39, 0.29) is 23.8 Å². The van der Waals surface area contributed by atoms with Gasteiger partial charge in [0.05, 0.1) is 11.7 Å². The average Bonchev–Trinajstić information content (AvgIpc) is 2.40. The first-order valence-corrected chi connectivity index (χ1v) is 8.90. The van der Waals surface area contributed by atoms with E-state index in [1.54, 1.807) is 12.1 Å². The fourth-order valence-electron chi connectivity index (χ4n) is 2.19. The molecule has 0 radical (unpaired) electrons. The Bertz CT molecular complexity index is 670. The van der Waals surface area contributed by atoms with Gasteiger partial charge in [0.1, 0.15) is 0 Å². The van der Waals surface area contributed by atoms with E-state index in [2.05, 4.69) is 5.32 Å². The predicted octanol–water partition coefficient (Wildman–Crippen LogP) is 0.952. The molecule has 8 heteroatoms. The number of carboxylic acids is 1. The Morgan fingerprint density at radius 1 is 1.30 bits per heavy atom. The molecule has 0 fully saturated rings. The normalized spacial score (nSPS) is 12.9. The molecule has 0 saturated carbocycles. The molecule has 0 spiro atoms. The smallest absolute Gasteiger partial charge is 0.308 e. The fraction of sp³-hybridized carbons (Fsp3) is 0.467. The lowest BCUT2D eigenvalue weighted by molar-refractivity contribution is -0.142. The molecule has 0 aliphatic carbocycles. The van der Waals surface area contributed by atoms with Gasteiger partial charge in [-0.25, -0.2) is 13.6 Å². The van der Waals surface area contributed by atoms with Crippen LogP contribution in [0.3, 0.4) is 0 Å². The van der Waals surface area contributed by atoms with Crippen LogP contribution in [-0.4, -0.2) is 31.9 Å². The second kappa shape index (κ2) is 8.07. The Morgan fingerprint density at radius 3 is 2.48 bits per heavy atom. The first-order valence-electron chi connectivity index (χ1n) is 7.19. The van der Waals surface area contributed by atoms with E-state index < -0.39 is 27.8 Å². The molecule has 0 saturated heterocycles. The highest BCUT2D eigenvalue weighted by Gasteiger charge is 2.20. The highest BCUT2D eigenvalue weighted by molar-refractivity contribution is 7.88. The number of rotatable bonds is 8. The molecule has 128 valence electrons. The molecule has 1 amide bonds. The van der Waals surface area contributed by atoms with E-state index in [0.717, 1.165) is 0 Å². The van der Waals surface area contributed by atoms with Gasteiger partial charge in [-0.1, -0.05) is 26.0 Å². The van der Waals surface area contributed by atoms with E-state index in [1.807, 2.05) is 13.8 Å². The van der Waals surface area contributed by atoms with Gasteiger partial charge in [-0.15, -0.1) is 0 Å². The van der Waals surface area contributed by atoms with Gasteiger partial charge in [0.25, 0.3) is 5.91 Å². The van der Waals surface area contributed by atoms with Gasteiger partial charge in [-0.2, -0.15) is 0 Å². The monoisotopic (exact) mass is 342 g/mol. The Labute approximate surface area is 135 Å². The maximum atomic E-state index is 12.1. The van der Waals surface area contributed by atoms with E-state index in [9.17, 15) is 18.0 Å². The minimum Gasteiger partial charge on any atom is -0.481 e. The SMILES string of the molecule is CC(C)CC(CNC(=O)c1cccc(CS(N)(=O)=O)c1)C(=O)O. The van der Waals surface area contributed by atoms with Crippen molar-refractivity contribution >= 4 is 21.9 Å². The van der Waals surface area contributed by atoms with Gasteiger partial charge in [0, 0.05) is 12.1 Å². The summed E-state index contributed by atoms with van der Waals surface area (Å²) in [5, 5.41) is 16.7. The summed E-state index contributed by atoms with van der Waals surface area (Å²) in [6.07, 6.45) is 0.459. The van der Waals surface area contributed by atoms with Crippen LogP contribution in [0.1, 0.15) is 36.2 Å². The van der Waals surface area contributed by atoms with Crippen molar-refractivity contribution in [1.82, 2.24) is 5.32 Å². The molecule has 23 heavy (non-hydrogen) atoms. The molecular weight excluding hydrogens is 320 g/mol. The highest BCUT2D eigenvalue weighted by Crippen LogP contribution is 2.12. The average molecular weight is 342 g/mol. The fourth-order valence-corrected chi connectivity index (χ4v) is 2.84. The van der Waals surface area contributed by atoms with E-state index in [4.69, 9.17) is 10.2 Å². The van der Waals surface area contributed by atoms with Crippen molar-refractivity contribution in [3.63, 3.8) is 0 Å². The van der Waals surface area contributed by atoms with Crippen LogP contribution in [0.25, 0.3) is 0 Å². The van der Waals surface area contributed by atoms with Gasteiger partial charge in [0.2, 0.25) is 10.0 Å². The number of sulfonamides is 1. The van der Waals surface area contributed by atoms with Crippen molar-refractivity contribution in [3.8, 4) is 0 Å². The third-order valence-electron chi connectivity index (χ3n) is 3.17. The van der Waals surface area contributed by atoms with Crippen molar-refractivity contribution in [2.24, 2.45) is 17.0 Å². The Balaban J connectivity index is 2.74. The van der Waals surface area contributed by atoms with Gasteiger partial charge in [-0.3, -0.25) is 9.59 Å². The number of carboxylic acid groups (broad SMARTS) is 1. The zero-order chi connectivity index (χ0) is 17.6. The number of carbonyl (C=O) groups excluding carboxylic acids is 1. The summed E-state index contributed by atoms with van der Waals surface area (Å²) in [4.78, 5) is 23.3. The number of amides is 1. The third-order valence-corrected chi connectivity index (χ3v) is 3.91. The van der Waals surface area contributed by atoms with E-state index >= 15 is 0 Å². The molecule has 0 bridgehead atoms. The Morgan fingerprint density at radius 2 is 1.96 bits per heavy atom. The third kappa shape index (κ3) is 7.25. The van der Waals surface area contributed by atoms with Gasteiger partial charge >= 0.3 is 5.97 Å². The minimum absolute atomic E-state index is 0.0196. The molecule has 1 aromatic carbocycles. The topological polar surface area (TPSA) is 127 Å². The van der Waals surface area contributed by atoms with Crippen molar-refractivity contribution in [2.45, 2.75) is 26.0 Å². The molecule has 0 aliphatic rings. The van der Waals surface area contributed by atoms with Crippen LogP contribution >= 0.6 is 0 Å². The molecule has 0 heterocycles. The summed E-state index contributed by atoms with van der Waals surface area (Å²) < 4.78 is 22.2.